The third-order valence-corrected chi connectivity index (χ3v) is 4.18. The molecule has 1 saturated heterocycles. The summed E-state index contributed by atoms with van der Waals surface area (Å²) in [7, 11) is 1.57. The molecule has 22 heavy (non-hydrogen) atoms. The van der Waals surface area contributed by atoms with E-state index < -0.39 is 0 Å². The van der Waals surface area contributed by atoms with Crippen LogP contribution in [0.2, 0.25) is 5.02 Å². The van der Waals surface area contributed by atoms with Crippen molar-refractivity contribution >= 4 is 17.5 Å². The van der Waals surface area contributed by atoms with E-state index in [-0.39, 0.29) is 5.91 Å². The first-order valence-corrected chi connectivity index (χ1v) is 8.24. The Hall–Kier alpha value is -1.26. The molecule has 0 radical (unpaired) electrons. The Morgan fingerprint density at radius 3 is 2.91 bits per heavy atom. The monoisotopic (exact) mass is 324 g/mol. The van der Waals surface area contributed by atoms with Crippen LogP contribution < -0.4 is 10.1 Å². The lowest BCUT2D eigenvalue weighted by Gasteiger charge is -2.26. The van der Waals surface area contributed by atoms with Crippen molar-refractivity contribution in [3.63, 3.8) is 0 Å². The lowest BCUT2D eigenvalue weighted by molar-refractivity contribution is 0.0939. The molecular weight excluding hydrogens is 300 g/mol. The maximum atomic E-state index is 12.3. The molecule has 2 rings (SSSR count). The third-order valence-electron chi connectivity index (χ3n) is 3.97. The first-order valence-electron chi connectivity index (χ1n) is 7.86. The van der Waals surface area contributed by atoms with Crippen LogP contribution in [0.5, 0.6) is 5.75 Å². The van der Waals surface area contributed by atoms with Crippen LogP contribution in [0.4, 0.5) is 0 Å². The highest BCUT2D eigenvalue weighted by Gasteiger charge is 2.25. The van der Waals surface area contributed by atoms with E-state index in [4.69, 9.17) is 16.3 Å². The molecule has 1 heterocycles. The fourth-order valence-corrected chi connectivity index (χ4v) is 3.19. The van der Waals surface area contributed by atoms with E-state index in [1.54, 1.807) is 25.3 Å². The van der Waals surface area contributed by atoms with Crippen LogP contribution in [0.1, 0.15) is 37.0 Å². The SMILES string of the molecule is COc1cc(Cl)cc(C(=O)NC[C@H]2CCCN2CC(C)C)c1. The highest BCUT2D eigenvalue weighted by molar-refractivity contribution is 6.31. The summed E-state index contributed by atoms with van der Waals surface area (Å²) < 4.78 is 5.15. The average Bonchev–Trinajstić information content (AvgIpc) is 2.90. The van der Waals surface area contributed by atoms with Crippen molar-refractivity contribution in [3.05, 3.63) is 28.8 Å². The highest BCUT2D eigenvalue weighted by Crippen LogP contribution is 2.21. The summed E-state index contributed by atoms with van der Waals surface area (Å²) in [5.41, 5.74) is 0.540. The van der Waals surface area contributed by atoms with Crippen LogP contribution in [0.15, 0.2) is 18.2 Å². The fourth-order valence-electron chi connectivity index (χ4n) is 2.96. The molecule has 0 unspecified atom stereocenters. The van der Waals surface area contributed by atoms with Gasteiger partial charge in [0, 0.05) is 29.7 Å². The lowest BCUT2D eigenvalue weighted by Crippen LogP contribution is -2.41. The summed E-state index contributed by atoms with van der Waals surface area (Å²) in [4.78, 5) is 14.8. The van der Waals surface area contributed by atoms with Gasteiger partial charge in [-0.25, -0.2) is 0 Å². The fraction of sp³-hybridized carbons (Fsp3) is 0.588. The summed E-state index contributed by atoms with van der Waals surface area (Å²) in [6.45, 7) is 7.36. The zero-order valence-electron chi connectivity index (χ0n) is 13.6. The van der Waals surface area contributed by atoms with E-state index in [0.717, 1.165) is 19.5 Å². The molecule has 1 atom stereocenters. The minimum Gasteiger partial charge on any atom is -0.497 e. The number of hydrogen-bond acceptors (Lipinski definition) is 3. The number of methoxy groups -OCH3 is 1. The molecule has 5 heteroatoms. The summed E-state index contributed by atoms with van der Waals surface area (Å²) >= 11 is 6.01. The number of ether oxygens (including phenoxy) is 1. The molecule has 0 spiro atoms. The first kappa shape index (κ1) is 17.1. The maximum absolute atomic E-state index is 12.3. The second-order valence-corrected chi connectivity index (χ2v) is 6.71. The van der Waals surface area contributed by atoms with E-state index in [2.05, 4.69) is 24.1 Å². The predicted molar refractivity (Wildman–Crippen MR) is 89.8 cm³/mol. The number of nitrogens with zero attached hydrogens (tertiary/aromatic N) is 1. The Morgan fingerprint density at radius 1 is 1.45 bits per heavy atom. The van der Waals surface area contributed by atoms with Gasteiger partial charge in [-0.1, -0.05) is 25.4 Å². The number of amides is 1. The number of carbonyl (C=O) groups excluding carboxylic acids is 1. The van der Waals surface area contributed by atoms with Crippen molar-refractivity contribution in [1.82, 2.24) is 10.2 Å². The van der Waals surface area contributed by atoms with E-state index in [0.29, 0.717) is 34.8 Å². The smallest absolute Gasteiger partial charge is 0.251 e. The normalized spacial score (nSPS) is 18.7. The van der Waals surface area contributed by atoms with Gasteiger partial charge in [-0.15, -0.1) is 0 Å². The Balaban J connectivity index is 1.93. The number of rotatable bonds is 6. The minimum absolute atomic E-state index is 0.0998. The number of benzene rings is 1. The first-order chi connectivity index (χ1) is 10.5. The second-order valence-electron chi connectivity index (χ2n) is 6.27. The highest BCUT2D eigenvalue weighted by atomic mass is 35.5. The molecule has 1 aliphatic rings. The van der Waals surface area contributed by atoms with Crippen molar-refractivity contribution in [2.45, 2.75) is 32.7 Å². The molecule has 1 aliphatic heterocycles. The Kier molecular flexibility index (Phi) is 6.09. The van der Waals surface area contributed by atoms with Crippen LogP contribution in [0.3, 0.4) is 0 Å². The van der Waals surface area contributed by atoms with Gasteiger partial charge in [0.1, 0.15) is 5.75 Å². The topological polar surface area (TPSA) is 41.6 Å². The molecule has 0 bridgehead atoms. The molecule has 1 fully saturated rings. The van der Waals surface area contributed by atoms with E-state index in [1.165, 1.54) is 6.42 Å². The Bertz CT molecular complexity index is 519. The molecule has 1 amide bonds. The van der Waals surface area contributed by atoms with Gasteiger partial charge >= 0.3 is 0 Å². The standard InChI is InChI=1S/C17H25ClN2O2/c1-12(2)11-20-6-4-5-15(20)10-19-17(21)13-7-14(18)9-16(8-13)22-3/h7-9,12,15H,4-6,10-11H2,1-3H3,(H,19,21)/t15-/m1/s1. The molecule has 0 aromatic heterocycles. The van der Waals surface area contributed by atoms with Gasteiger partial charge in [0.05, 0.1) is 7.11 Å². The van der Waals surface area contributed by atoms with Crippen LogP contribution >= 0.6 is 11.6 Å². The number of hydrogen-bond donors (Lipinski definition) is 1. The Labute approximate surface area is 137 Å². The van der Waals surface area contributed by atoms with Gasteiger partial charge in [0.25, 0.3) is 5.91 Å². The van der Waals surface area contributed by atoms with Gasteiger partial charge in [-0.3, -0.25) is 9.69 Å². The number of carbonyl (C=O) groups is 1. The summed E-state index contributed by atoms with van der Waals surface area (Å²) in [6, 6.07) is 5.51. The zero-order chi connectivity index (χ0) is 16.1. The lowest BCUT2D eigenvalue weighted by atomic mass is 10.1. The van der Waals surface area contributed by atoms with E-state index in [1.807, 2.05) is 0 Å². The van der Waals surface area contributed by atoms with Crippen LogP contribution in [-0.4, -0.2) is 43.6 Å². The van der Waals surface area contributed by atoms with Gasteiger partial charge in [-0.2, -0.15) is 0 Å². The quantitative estimate of drug-likeness (QED) is 0.873. The molecular formula is C17H25ClN2O2. The van der Waals surface area contributed by atoms with E-state index in [9.17, 15) is 4.79 Å². The summed E-state index contributed by atoms with van der Waals surface area (Å²) in [5, 5.41) is 3.53. The molecule has 1 N–H and O–H groups in total. The van der Waals surface area contributed by atoms with Crippen LogP contribution in [-0.2, 0) is 0 Å². The van der Waals surface area contributed by atoms with E-state index >= 15 is 0 Å². The summed E-state index contributed by atoms with van der Waals surface area (Å²) in [6.07, 6.45) is 2.35. The predicted octanol–water partition coefficient (Wildman–Crippen LogP) is 3.20. The van der Waals surface area contributed by atoms with Gasteiger partial charge < -0.3 is 10.1 Å². The van der Waals surface area contributed by atoms with Crippen LogP contribution in [0, 0.1) is 5.92 Å². The average molecular weight is 325 g/mol. The van der Waals surface area contributed by atoms with Crippen molar-refractivity contribution in [1.29, 1.82) is 0 Å². The number of likely N-dealkylation sites (tertiary alicyclic amines) is 1. The maximum Gasteiger partial charge on any atom is 0.251 e. The molecule has 4 nitrogen and oxygen atoms in total. The largest absolute Gasteiger partial charge is 0.497 e. The van der Waals surface area contributed by atoms with Crippen molar-refractivity contribution in [2.75, 3.05) is 26.7 Å². The molecule has 1 aromatic carbocycles. The second kappa shape index (κ2) is 7.84. The third kappa shape index (κ3) is 4.62. The molecule has 0 saturated carbocycles. The Morgan fingerprint density at radius 2 is 2.23 bits per heavy atom. The zero-order valence-corrected chi connectivity index (χ0v) is 14.3. The van der Waals surface area contributed by atoms with Gasteiger partial charge in [0.15, 0.2) is 0 Å². The van der Waals surface area contributed by atoms with Crippen molar-refractivity contribution < 1.29 is 9.53 Å². The molecule has 122 valence electrons. The van der Waals surface area contributed by atoms with Gasteiger partial charge in [0.2, 0.25) is 0 Å². The molecule has 0 aliphatic carbocycles. The summed E-state index contributed by atoms with van der Waals surface area (Å²) in [5.74, 6) is 1.14. The van der Waals surface area contributed by atoms with Crippen molar-refractivity contribution in [3.8, 4) is 5.75 Å². The minimum atomic E-state index is -0.0998. The van der Waals surface area contributed by atoms with Crippen LogP contribution in [0.25, 0.3) is 0 Å². The van der Waals surface area contributed by atoms with Gasteiger partial charge in [-0.05, 0) is 43.5 Å². The molecule has 1 aromatic rings. The number of nitrogens with one attached hydrogen (secondary N) is 1. The van der Waals surface area contributed by atoms with Crippen molar-refractivity contribution in [2.24, 2.45) is 5.92 Å². The number of halogens is 1.